The van der Waals surface area contributed by atoms with Gasteiger partial charge in [0.2, 0.25) is 5.91 Å². The van der Waals surface area contributed by atoms with Gasteiger partial charge in [0.1, 0.15) is 10.8 Å². The van der Waals surface area contributed by atoms with E-state index in [1.54, 1.807) is 17.5 Å². The minimum atomic E-state index is -0.0979. The number of hydrogen-bond donors (Lipinski definition) is 1. The Morgan fingerprint density at radius 3 is 2.62 bits per heavy atom. The summed E-state index contributed by atoms with van der Waals surface area (Å²) in [5, 5.41) is 5.70. The third-order valence-corrected chi connectivity index (χ3v) is 4.34. The maximum atomic E-state index is 12.2. The molecule has 0 bridgehead atoms. The van der Waals surface area contributed by atoms with E-state index >= 15 is 0 Å². The van der Waals surface area contributed by atoms with Crippen LogP contribution in [0.3, 0.4) is 0 Å². The number of benzene rings is 1. The van der Waals surface area contributed by atoms with Crippen molar-refractivity contribution in [3.05, 3.63) is 59.7 Å². The average Bonchev–Trinajstić information content (AvgIpc) is 3.04. The van der Waals surface area contributed by atoms with Gasteiger partial charge in [-0.3, -0.25) is 4.79 Å². The molecule has 24 heavy (non-hydrogen) atoms. The number of pyridine rings is 1. The second kappa shape index (κ2) is 7.23. The van der Waals surface area contributed by atoms with Gasteiger partial charge in [0.05, 0.1) is 24.0 Å². The van der Waals surface area contributed by atoms with Gasteiger partial charge >= 0.3 is 0 Å². The molecule has 3 rings (SSSR count). The van der Waals surface area contributed by atoms with Crippen LogP contribution in [0, 0.1) is 0 Å². The van der Waals surface area contributed by atoms with E-state index in [4.69, 9.17) is 0 Å². The summed E-state index contributed by atoms with van der Waals surface area (Å²) in [5.74, 6) is 0.749. The molecular weight excluding hydrogens is 320 g/mol. The quantitative estimate of drug-likeness (QED) is 0.774. The molecule has 6 heteroatoms. The first kappa shape index (κ1) is 16.1. The lowest BCUT2D eigenvalue weighted by Gasteiger charge is -2.11. The number of aromatic nitrogens is 2. The summed E-state index contributed by atoms with van der Waals surface area (Å²) < 4.78 is 0. The van der Waals surface area contributed by atoms with Crippen molar-refractivity contribution in [3.63, 3.8) is 0 Å². The topological polar surface area (TPSA) is 58.1 Å². The number of nitrogens with zero attached hydrogens (tertiary/aromatic N) is 3. The fourth-order valence-corrected chi connectivity index (χ4v) is 3.02. The van der Waals surface area contributed by atoms with Crippen LogP contribution in [0.15, 0.2) is 54.0 Å². The van der Waals surface area contributed by atoms with Crippen molar-refractivity contribution < 1.29 is 4.79 Å². The van der Waals surface area contributed by atoms with Crippen molar-refractivity contribution in [2.24, 2.45) is 0 Å². The molecule has 5 nitrogen and oxygen atoms in total. The van der Waals surface area contributed by atoms with Crippen LogP contribution in [0.1, 0.15) is 5.69 Å². The molecule has 0 saturated carbocycles. The highest BCUT2D eigenvalue weighted by molar-refractivity contribution is 7.13. The van der Waals surface area contributed by atoms with E-state index < -0.39 is 0 Å². The van der Waals surface area contributed by atoms with E-state index in [0.29, 0.717) is 5.69 Å². The van der Waals surface area contributed by atoms with Gasteiger partial charge < -0.3 is 10.2 Å². The summed E-state index contributed by atoms with van der Waals surface area (Å²) in [4.78, 5) is 22.9. The third-order valence-electron chi connectivity index (χ3n) is 3.40. The van der Waals surface area contributed by atoms with Crippen LogP contribution in [-0.4, -0.2) is 30.0 Å². The molecule has 1 aromatic carbocycles. The first-order valence-corrected chi connectivity index (χ1v) is 8.43. The fourth-order valence-electron chi connectivity index (χ4n) is 2.20. The van der Waals surface area contributed by atoms with E-state index in [-0.39, 0.29) is 12.3 Å². The molecule has 0 unspecified atom stereocenters. The van der Waals surface area contributed by atoms with Crippen molar-refractivity contribution in [1.29, 1.82) is 0 Å². The molecule has 1 amide bonds. The second-order valence-electron chi connectivity index (χ2n) is 5.53. The highest BCUT2D eigenvalue weighted by Crippen LogP contribution is 2.23. The Morgan fingerprint density at radius 1 is 1.17 bits per heavy atom. The Labute approximate surface area is 145 Å². The number of anilines is 2. The van der Waals surface area contributed by atoms with Crippen LogP contribution < -0.4 is 10.2 Å². The standard InChI is InChI=1S/C18H18N4OS/c1-22(2)16-9-8-14(11-19-16)20-17(23)10-15-12-24-18(21-15)13-6-4-3-5-7-13/h3-9,11-12H,10H2,1-2H3,(H,20,23). The molecule has 0 saturated heterocycles. The molecule has 3 aromatic rings. The van der Waals surface area contributed by atoms with Gasteiger partial charge in [-0.05, 0) is 12.1 Å². The third kappa shape index (κ3) is 3.97. The van der Waals surface area contributed by atoms with Crippen molar-refractivity contribution in [1.82, 2.24) is 9.97 Å². The van der Waals surface area contributed by atoms with Crippen LogP contribution in [0.25, 0.3) is 10.6 Å². The molecule has 0 aliphatic rings. The van der Waals surface area contributed by atoms with Crippen molar-refractivity contribution in [3.8, 4) is 10.6 Å². The van der Waals surface area contributed by atoms with Gasteiger partial charge in [-0.2, -0.15) is 0 Å². The zero-order chi connectivity index (χ0) is 16.9. The maximum Gasteiger partial charge on any atom is 0.230 e. The van der Waals surface area contributed by atoms with Crippen LogP contribution in [0.5, 0.6) is 0 Å². The predicted octanol–water partition coefficient (Wildman–Crippen LogP) is 3.45. The Hall–Kier alpha value is -2.73. The number of thiazole rings is 1. The first-order valence-electron chi connectivity index (χ1n) is 7.55. The van der Waals surface area contributed by atoms with Crippen molar-refractivity contribution in [2.75, 3.05) is 24.3 Å². The zero-order valence-corrected chi connectivity index (χ0v) is 14.4. The predicted molar refractivity (Wildman–Crippen MR) is 98.4 cm³/mol. The highest BCUT2D eigenvalue weighted by Gasteiger charge is 2.09. The van der Waals surface area contributed by atoms with Crippen LogP contribution >= 0.6 is 11.3 Å². The van der Waals surface area contributed by atoms with E-state index in [1.165, 1.54) is 0 Å². The van der Waals surface area contributed by atoms with Crippen molar-refractivity contribution >= 4 is 28.7 Å². The Bertz CT molecular complexity index is 813. The summed E-state index contributed by atoms with van der Waals surface area (Å²) in [6, 6.07) is 13.7. The number of carbonyl (C=O) groups excluding carboxylic acids is 1. The zero-order valence-electron chi connectivity index (χ0n) is 13.6. The molecule has 2 heterocycles. The first-order chi connectivity index (χ1) is 11.6. The summed E-state index contributed by atoms with van der Waals surface area (Å²) in [6.07, 6.45) is 1.91. The smallest absolute Gasteiger partial charge is 0.230 e. The number of nitrogens with one attached hydrogen (secondary N) is 1. The van der Waals surface area contributed by atoms with Gasteiger partial charge in [-0.1, -0.05) is 30.3 Å². The molecule has 122 valence electrons. The molecule has 2 aromatic heterocycles. The molecular formula is C18H18N4OS. The van der Waals surface area contributed by atoms with E-state index in [2.05, 4.69) is 15.3 Å². The monoisotopic (exact) mass is 338 g/mol. The molecule has 0 atom stereocenters. The van der Waals surface area contributed by atoms with Crippen LogP contribution in [0.4, 0.5) is 11.5 Å². The van der Waals surface area contributed by atoms with Gasteiger partial charge in [0, 0.05) is 25.0 Å². The van der Waals surface area contributed by atoms with Gasteiger partial charge in [-0.15, -0.1) is 11.3 Å². The summed E-state index contributed by atoms with van der Waals surface area (Å²) in [5.41, 5.74) is 2.52. The van der Waals surface area contributed by atoms with Gasteiger partial charge in [0.25, 0.3) is 0 Å². The molecule has 0 fully saturated rings. The molecule has 0 radical (unpaired) electrons. The van der Waals surface area contributed by atoms with Crippen LogP contribution in [0.2, 0.25) is 0 Å². The largest absolute Gasteiger partial charge is 0.363 e. The lowest BCUT2D eigenvalue weighted by atomic mass is 10.2. The molecule has 1 N–H and O–H groups in total. The van der Waals surface area contributed by atoms with E-state index in [1.807, 2.05) is 66.8 Å². The summed E-state index contributed by atoms with van der Waals surface area (Å²) in [7, 11) is 3.85. The lowest BCUT2D eigenvalue weighted by molar-refractivity contribution is -0.115. The Morgan fingerprint density at radius 2 is 1.96 bits per heavy atom. The number of amides is 1. The van der Waals surface area contributed by atoms with E-state index in [0.717, 1.165) is 22.1 Å². The average molecular weight is 338 g/mol. The minimum absolute atomic E-state index is 0.0979. The number of rotatable bonds is 5. The van der Waals surface area contributed by atoms with E-state index in [9.17, 15) is 4.79 Å². The lowest BCUT2D eigenvalue weighted by Crippen LogP contribution is -2.15. The fraction of sp³-hybridized carbons (Fsp3) is 0.167. The Kier molecular flexibility index (Phi) is 4.86. The maximum absolute atomic E-state index is 12.2. The second-order valence-corrected chi connectivity index (χ2v) is 6.39. The summed E-state index contributed by atoms with van der Waals surface area (Å²) in [6.45, 7) is 0. The Balaban J connectivity index is 1.62. The number of carbonyl (C=O) groups is 1. The molecule has 0 aliphatic carbocycles. The molecule has 0 spiro atoms. The SMILES string of the molecule is CN(C)c1ccc(NC(=O)Cc2csc(-c3ccccc3)n2)cn1. The van der Waals surface area contributed by atoms with Crippen LogP contribution in [-0.2, 0) is 11.2 Å². The van der Waals surface area contributed by atoms with Gasteiger partial charge in [-0.25, -0.2) is 9.97 Å². The minimum Gasteiger partial charge on any atom is -0.363 e. The summed E-state index contributed by atoms with van der Waals surface area (Å²) >= 11 is 1.55. The van der Waals surface area contributed by atoms with Crippen molar-refractivity contribution in [2.45, 2.75) is 6.42 Å². The number of hydrogen-bond acceptors (Lipinski definition) is 5. The normalized spacial score (nSPS) is 10.4. The van der Waals surface area contributed by atoms with Gasteiger partial charge in [0.15, 0.2) is 0 Å². The highest BCUT2D eigenvalue weighted by atomic mass is 32.1. The molecule has 0 aliphatic heterocycles.